The van der Waals surface area contributed by atoms with Crippen LogP contribution < -0.4 is 0 Å². The number of hydrogen-bond donors (Lipinski definition) is 1. The number of pyridine rings is 1. The number of aromatic nitrogens is 1. The lowest BCUT2D eigenvalue weighted by Gasteiger charge is -2.22. The van der Waals surface area contributed by atoms with Crippen molar-refractivity contribution >= 4 is 5.91 Å². The molecule has 0 saturated heterocycles. The Morgan fingerprint density at radius 1 is 1.37 bits per heavy atom. The van der Waals surface area contributed by atoms with E-state index in [0.717, 1.165) is 24.7 Å². The topological polar surface area (TPSA) is 56.7 Å². The molecule has 0 atom stereocenters. The van der Waals surface area contributed by atoms with Crippen LogP contribution in [0.5, 0.6) is 5.75 Å². The van der Waals surface area contributed by atoms with Crippen LogP contribution in [0.25, 0.3) is 0 Å². The molecule has 0 bridgehead atoms. The highest BCUT2D eigenvalue weighted by Crippen LogP contribution is 2.24. The Labute approximate surface area is 113 Å². The summed E-state index contributed by atoms with van der Waals surface area (Å²) in [6.45, 7) is 1.64. The fourth-order valence-corrected chi connectivity index (χ4v) is 2.01. The Morgan fingerprint density at radius 3 is 2.74 bits per heavy atom. The van der Waals surface area contributed by atoms with Crippen LogP contribution in [0.15, 0.2) is 18.5 Å². The molecule has 1 aliphatic rings. The van der Waals surface area contributed by atoms with Gasteiger partial charge in [0.05, 0.1) is 12.6 Å². The Hall–Kier alpha value is -1.62. The number of nitrogens with zero attached hydrogens (tertiary/aromatic N) is 3. The number of carbonyl (C=O) groups is 1. The highest BCUT2D eigenvalue weighted by Gasteiger charge is 2.26. The van der Waals surface area contributed by atoms with Crippen molar-refractivity contribution in [3.63, 3.8) is 0 Å². The van der Waals surface area contributed by atoms with Crippen molar-refractivity contribution in [1.82, 2.24) is 14.8 Å². The third-order valence-electron chi connectivity index (χ3n) is 3.52. The first-order valence-electron chi connectivity index (χ1n) is 6.63. The lowest BCUT2D eigenvalue weighted by atomic mass is 10.2. The Bertz CT molecular complexity index is 446. The summed E-state index contributed by atoms with van der Waals surface area (Å²) in [7, 11) is 3.93. The minimum absolute atomic E-state index is 0.0524. The second kappa shape index (κ2) is 6.02. The van der Waals surface area contributed by atoms with E-state index < -0.39 is 0 Å². The quantitative estimate of drug-likeness (QED) is 0.828. The van der Waals surface area contributed by atoms with E-state index in [2.05, 4.69) is 16.9 Å². The Kier molecular flexibility index (Phi) is 4.37. The molecule has 1 N–H and O–H groups in total. The van der Waals surface area contributed by atoms with E-state index in [-0.39, 0.29) is 18.1 Å². The van der Waals surface area contributed by atoms with Gasteiger partial charge < -0.3 is 14.9 Å². The minimum Gasteiger partial charge on any atom is -0.506 e. The average Bonchev–Trinajstić information content (AvgIpc) is 3.19. The van der Waals surface area contributed by atoms with Crippen LogP contribution in [0, 0.1) is 0 Å². The number of amides is 1. The van der Waals surface area contributed by atoms with Gasteiger partial charge in [0.1, 0.15) is 5.75 Å². The highest BCUT2D eigenvalue weighted by atomic mass is 16.3. The van der Waals surface area contributed by atoms with E-state index in [0.29, 0.717) is 0 Å². The van der Waals surface area contributed by atoms with E-state index in [1.54, 1.807) is 17.2 Å². The third kappa shape index (κ3) is 4.21. The second-order valence-corrected chi connectivity index (χ2v) is 5.26. The molecule has 0 aromatic carbocycles. The van der Waals surface area contributed by atoms with Gasteiger partial charge in [-0.15, -0.1) is 0 Å². The number of carbonyl (C=O) groups excluding carboxylic acids is 1. The number of hydrogen-bond acceptors (Lipinski definition) is 4. The van der Waals surface area contributed by atoms with Crippen LogP contribution in [0.4, 0.5) is 0 Å². The molecule has 1 amide bonds. The highest BCUT2D eigenvalue weighted by molar-refractivity contribution is 5.78. The SMILES string of the molecule is CN(CCN(C)C1CC1)C(=O)Cc1cncc(O)c1. The molecule has 5 nitrogen and oxygen atoms in total. The van der Waals surface area contributed by atoms with Crippen molar-refractivity contribution in [1.29, 1.82) is 0 Å². The lowest BCUT2D eigenvalue weighted by Crippen LogP contribution is -2.36. The molecule has 104 valence electrons. The summed E-state index contributed by atoms with van der Waals surface area (Å²) in [6.07, 6.45) is 5.82. The predicted octanol–water partition coefficient (Wildman–Crippen LogP) is 0.882. The van der Waals surface area contributed by atoms with Crippen LogP contribution in [0.1, 0.15) is 18.4 Å². The van der Waals surface area contributed by atoms with Crippen LogP contribution in [-0.4, -0.2) is 59.0 Å². The van der Waals surface area contributed by atoms with Gasteiger partial charge in [-0.05, 0) is 31.5 Å². The number of aromatic hydroxyl groups is 1. The van der Waals surface area contributed by atoms with Crippen molar-refractivity contribution in [2.45, 2.75) is 25.3 Å². The molecule has 0 spiro atoms. The molecular weight excluding hydrogens is 242 g/mol. The molecule has 0 unspecified atom stereocenters. The van der Waals surface area contributed by atoms with Gasteiger partial charge in [-0.2, -0.15) is 0 Å². The van der Waals surface area contributed by atoms with Crippen molar-refractivity contribution in [3.05, 3.63) is 24.0 Å². The molecule has 1 aromatic rings. The maximum atomic E-state index is 12.0. The largest absolute Gasteiger partial charge is 0.506 e. The van der Waals surface area contributed by atoms with Crippen LogP contribution in [0.2, 0.25) is 0 Å². The van der Waals surface area contributed by atoms with Gasteiger partial charge in [0, 0.05) is 32.4 Å². The summed E-state index contributed by atoms with van der Waals surface area (Å²) in [5.74, 6) is 0.151. The van der Waals surface area contributed by atoms with Gasteiger partial charge in [-0.3, -0.25) is 9.78 Å². The zero-order chi connectivity index (χ0) is 13.8. The van der Waals surface area contributed by atoms with Crippen LogP contribution >= 0.6 is 0 Å². The van der Waals surface area contributed by atoms with Crippen molar-refractivity contribution in [2.24, 2.45) is 0 Å². The molecule has 0 aliphatic heterocycles. The molecule has 5 heteroatoms. The zero-order valence-corrected chi connectivity index (χ0v) is 11.5. The fraction of sp³-hybridized carbons (Fsp3) is 0.571. The normalized spacial score (nSPS) is 14.7. The minimum atomic E-state index is 0.0524. The Balaban J connectivity index is 1.78. The summed E-state index contributed by atoms with van der Waals surface area (Å²) < 4.78 is 0. The molecule has 2 rings (SSSR count). The molecule has 1 heterocycles. The molecule has 1 aliphatic carbocycles. The molecule has 1 saturated carbocycles. The zero-order valence-electron chi connectivity index (χ0n) is 11.5. The molecule has 19 heavy (non-hydrogen) atoms. The van der Waals surface area contributed by atoms with Gasteiger partial charge in [0.15, 0.2) is 0 Å². The molecule has 1 aromatic heterocycles. The molecule has 0 radical (unpaired) electrons. The van der Waals surface area contributed by atoms with Crippen molar-refractivity contribution < 1.29 is 9.90 Å². The predicted molar refractivity (Wildman–Crippen MR) is 72.9 cm³/mol. The smallest absolute Gasteiger partial charge is 0.226 e. The monoisotopic (exact) mass is 263 g/mol. The molecule has 1 fully saturated rings. The second-order valence-electron chi connectivity index (χ2n) is 5.26. The van der Waals surface area contributed by atoms with Gasteiger partial charge in [0.25, 0.3) is 0 Å². The van der Waals surface area contributed by atoms with Crippen molar-refractivity contribution in [2.75, 3.05) is 27.2 Å². The lowest BCUT2D eigenvalue weighted by molar-refractivity contribution is -0.129. The third-order valence-corrected chi connectivity index (χ3v) is 3.52. The maximum absolute atomic E-state index is 12.0. The van der Waals surface area contributed by atoms with E-state index in [1.165, 1.54) is 19.0 Å². The first kappa shape index (κ1) is 13.8. The standard InChI is InChI=1S/C14H21N3O2/c1-16(12-3-4-12)5-6-17(2)14(19)8-11-7-13(18)10-15-9-11/h7,9-10,12,18H,3-6,8H2,1-2H3. The van der Waals surface area contributed by atoms with Crippen LogP contribution in [0.3, 0.4) is 0 Å². The summed E-state index contributed by atoms with van der Waals surface area (Å²) in [4.78, 5) is 19.9. The van der Waals surface area contributed by atoms with E-state index >= 15 is 0 Å². The summed E-state index contributed by atoms with van der Waals surface area (Å²) in [5, 5.41) is 9.31. The van der Waals surface area contributed by atoms with Gasteiger partial charge in [-0.1, -0.05) is 0 Å². The van der Waals surface area contributed by atoms with Gasteiger partial charge >= 0.3 is 0 Å². The van der Waals surface area contributed by atoms with E-state index in [9.17, 15) is 9.90 Å². The van der Waals surface area contributed by atoms with Crippen LogP contribution in [-0.2, 0) is 11.2 Å². The Morgan fingerprint density at radius 2 is 2.11 bits per heavy atom. The first-order valence-corrected chi connectivity index (χ1v) is 6.63. The fourth-order valence-electron chi connectivity index (χ4n) is 2.01. The maximum Gasteiger partial charge on any atom is 0.226 e. The first-order chi connectivity index (χ1) is 9.06. The molecular formula is C14H21N3O2. The average molecular weight is 263 g/mol. The summed E-state index contributed by atoms with van der Waals surface area (Å²) in [6, 6.07) is 2.30. The van der Waals surface area contributed by atoms with E-state index in [4.69, 9.17) is 0 Å². The van der Waals surface area contributed by atoms with Gasteiger partial charge in [0.2, 0.25) is 5.91 Å². The number of rotatable bonds is 6. The summed E-state index contributed by atoms with van der Waals surface area (Å²) in [5.41, 5.74) is 0.743. The summed E-state index contributed by atoms with van der Waals surface area (Å²) >= 11 is 0. The van der Waals surface area contributed by atoms with E-state index in [1.807, 2.05) is 7.05 Å². The van der Waals surface area contributed by atoms with Gasteiger partial charge in [-0.25, -0.2) is 0 Å². The number of likely N-dealkylation sites (N-methyl/N-ethyl adjacent to an activating group) is 2. The van der Waals surface area contributed by atoms with Crippen molar-refractivity contribution in [3.8, 4) is 5.75 Å².